The molecule has 110 valence electrons. The van der Waals surface area contributed by atoms with Crippen molar-refractivity contribution in [1.82, 2.24) is 5.32 Å². The van der Waals surface area contributed by atoms with Crippen LogP contribution in [0.4, 0.5) is 10.1 Å². The standard InChI is InChI=1S/C13H17FN2O3S/c1-13(5-6-20(18,19)9-13)15-8-12(17)16-11-4-2-3-10(14)7-11/h2-4,7,15H,5-6,8-9H2,1H3,(H,16,17). The Labute approximate surface area is 117 Å². The second-order valence-electron chi connectivity index (χ2n) is 5.31. The number of rotatable bonds is 4. The molecule has 1 aliphatic rings. The van der Waals surface area contributed by atoms with Crippen LogP contribution >= 0.6 is 0 Å². The molecular formula is C13H17FN2O3S. The molecular weight excluding hydrogens is 283 g/mol. The van der Waals surface area contributed by atoms with Gasteiger partial charge in [-0.15, -0.1) is 0 Å². The zero-order valence-corrected chi connectivity index (χ0v) is 12.0. The van der Waals surface area contributed by atoms with Crippen molar-refractivity contribution in [2.45, 2.75) is 18.9 Å². The molecule has 0 saturated carbocycles. The van der Waals surface area contributed by atoms with E-state index in [1.165, 1.54) is 18.2 Å². The third kappa shape index (κ3) is 4.01. The van der Waals surface area contributed by atoms with Crippen LogP contribution in [0.25, 0.3) is 0 Å². The first kappa shape index (κ1) is 14.9. The fraction of sp³-hybridized carbons (Fsp3) is 0.462. The van der Waals surface area contributed by atoms with E-state index in [9.17, 15) is 17.6 Å². The molecule has 1 aromatic rings. The number of carbonyl (C=O) groups excluding carboxylic acids is 1. The minimum atomic E-state index is -3.01. The quantitative estimate of drug-likeness (QED) is 0.867. The summed E-state index contributed by atoms with van der Waals surface area (Å²) in [5.74, 6) is -0.583. The van der Waals surface area contributed by atoms with E-state index >= 15 is 0 Å². The Balaban J connectivity index is 1.87. The van der Waals surface area contributed by atoms with Crippen LogP contribution in [0.2, 0.25) is 0 Å². The van der Waals surface area contributed by atoms with Crippen molar-refractivity contribution in [3.05, 3.63) is 30.1 Å². The maximum Gasteiger partial charge on any atom is 0.238 e. The molecule has 1 saturated heterocycles. The molecule has 1 amide bonds. The monoisotopic (exact) mass is 300 g/mol. The predicted molar refractivity (Wildman–Crippen MR) is 74.7 cm³/mol. The average Bonchev–Trinajstić information content (AvgIpc) is 2.62. The molecule has 20 heavy (non-hydrogen) atoms. The Morgan fingerprint density at radius 3 is 2.80 bits per heavy atom. The third-order valence-electron chi connectivity index (χ3n) is 3.29. The number of sulfone groups is 1. The molecule has 0 spiro atoms. The second-order valence-corrected chi connectivity index (χ2v) is 7.50. The maximum atomic E-state index is 13.0. The first-order valence-electron chi connectivity index (χ1n) is 6.29. The molecule has 1 heterocycles. The summed E-state index contributed by atoms with van der Waals surface area (Å²) in [6.07, 6.45) is 0.489. The molecule has 1 atom stereocenters. The summed E-state index contributed by atoms with van der Waals surface area (Å²) in [7, 11) is -3.01. The number of halogens is 1. The average molecular weight is 300 g/mol. The number of hydrogen-bond donors (Lipinski definition) is 2. The van der Waals surface area contributed by atoms with Gasteiger partial charge in [-0.1, -0.05) is 6.07 Å². The summed E-state index contributed by atoms with van der Waals surface area (Å²) < 4.78 is 35.8. The number of amides is 1. The zero-order chi connectivity index (χ0) is 14.8. The van der Waals surface area contributed by atoms with E-state index in [-0.39, 0.29) is 24.0 Å². The lowest BCUT2D eigenvalue weighted by atomic mass is 10.0. The SMILES string of the molecule is CC1(NCC(=O)Nc2cccc(F)c2)CCS(=O)(=O)C1. The Hall–Kier alpha value is -1.47. The minimum Gasteiger partial charge on any atom is -0.325 e. The van der Waals surface area contributed by atoms with Crippen molar-refractivity contribution in [3.8, 4) is 0 Å². The van der Waals surface area contributed by atoms with Crippen LogP contribution < -0.4 is 10.6 Å². The van der Waals surface area contributed by atoms with Crippen molar-refractivity contribution in [2.75, 3.05) is 23.4 Å². The zero-order valence-electron chi connectivity index (χ0n) is 11.1. The lowest BCUT2D eigenvalue weighted by Gasteiger charge is -2.23. The Kier molecular flexibility index (Phi) is 4.10. The van der Waals surface area contributed by atoms with Gasteiger partial charge >= 0.3 is 0 Å². The number of benzene rings is 1. The predicted octanol–water partition coefficient (Wildman–Crippen LogP) is 0.931. The van der Waals surface area contributed by atoms with Gasteiger partial charge in [0.05, 0.1) is 18.1 Å². The van der Waals surface area contributed by atoms with Crippen LogP contribution in [-0.2, 0) is 14.6 Å². The fourth-order valence-electron chi connectivity index (χ4n) is 2.21. The highest BCUT2D eigenvalue weighted by Crippen LogP contribution is 2.22. The van der Waals surface area contributed by atoms with Crippen LogP contribution in [0.5, 0.6) is 0 Å². The topological polar surface area (TPSA) is 75.3 Å². The van der Waals surface area contributed by atoms with Crippen LogP contribution in [0.15, 0.2) is 24.3 Å². The smallest absolute Gasteiger partial charge is 0.238 e. The number of anilines is 1. The van der Waals surface area contributed by atoms with Gasteiger partial charge in [-0.05, 0) is 31.5 Å². The summed E-state index contributed by atoms with van der Waals surface area (Å²) in [6.45, 7) is 1.77. The molecule has 1 fully saturated rings. The van der Waals surface area contributed by atoms with Crippen LogP contribution in [0.3, 0.4) is 0 Å². The van der Waals surface area contributed by atoms with Gasteiger partial charge in [-0.2, -0.15) is 0 Å². The van der Waals surface area contributed by atoms with Crippen LogP contribution in [0, 0.1) is 5.82 Å². The van der Waals surface area contributed by atoms with Crippen LogP contribution in [-0.4, -0.2) is 37.9 Å². The Morgan fingerprint density at radius 1 is 1.45 bits per heavy atom. The molecule has 7 heteroatoms. The summed E-state index contributed by atoms with van der Waals surface area (Å²) in [6, 6.07) is 5.60. The van der Waals surface area contributed by atoms with Gasteiger partial charge < -0.3 is 10.6 Å². The Bertz CT molecular complexity index is 618. The summed E-state index contributed by atoms with van der Waals surface area (Å²) in [5.41, 5.74) is -0.195. The summed E-state index contributed by atoms with van der Waals surface area (Å²) in [4.78, 5) is 11.7. The van der Waals surface area contributed by atoms with Gasteiger partial charge in [-0.3, -0.25) is 4.79 Å². The molecule has 2 rings (SSSR count). The first-order valence-corrected chi connectivity index (χ1v) is 8.11. The van der Waals surface area contributed by atoms with Gasteiger partial charge in [0.2, 0.25) is 5.91 Å². The first-order chi connectivity index (χ1) is 9.28. The van der Waals surface area contributed by atoms with Crippen molar-refractivity contribution < 1.29 is 17.6 Å². The molecule has 2 N–H and O–H groups in total. The number of carbonyl (C=O) groups is 1. The third-order valence-corrected chi connectivity index (χ3v) is 5.19. The molecule has 0 aromatic heterocycles. The molecule has 0 aliphatic carbocycles. The largest absolute Gasteiger partial charge is 0.325 e. The van der Waals surface area contributed by atoms with E-state index in [2.05, 4.69) is 10.6 Å². The van der Waals surface area contributed by atoms with Crippen molar-refractivity contribution in [2.24, 2.45) is 0 Å². The highest BCUT2D eigenvalue weighted by Gasteiger charge is 2.38. The summed E-state index contributed by atoms with van der Waals surface area (Å²) >= 11 is 0. The van der Waals surface area contributed by atoms with Crippen LogP contribution in [0.1, 0.15) is 13.3 Å². The van der Waals surface area contributed by atoms with Gasteiger partial charge in [0.15, 0.2) is 9.84 Å². The molecule has 1 aliphatic heterocycles. The lowest BCUT2D eigenvalue weighted by Crippen LogP contribution is -2.46. The molecule has 1 aromatic carbocycles. The van der Waals surface area contributed by atoms with Crippen molar-refractivity contribution >= 4 is 21.4 Å². The fourth-order valence-corrected chi connectivity index (χ4v) is 4.34. The maximum absolute atomic E-state index is 13.0. The second kappa shape index (κ2) is 5.49. The van der Waals surface area contributed by atoms with E-state index in [0.717, 1.165) is 0 Å². The molecule has 0 radical (unpaired) electrons. The van der Waals surface area contributed by atoms with Gasteiger partial charge in [0.1, 0.15) is 5.82 Å². The normalized spacial score (nSPS) is 24.5. The van der Waals surface area contributed by atoms with E-state index < -0.39 is 21.2 Å². The number of hydrogen-bond acceptors (Lipinski definition) is 4. The molecule has 5 nitrogen and oxygen atoms in total. The van der Waals surface area contributed by atoms with Gasteiger partial charge in [-0.25, -0.2) is 12.8 Å². The Morgan fingerprint density at radius 2 is 2.20 bits per heavy atom. The van der Waals surface area contributed by atoms with Crippen molar-refractivity contribution in [3.63, 3.8) is 0 Å². The highest BCUT2D eigenvalue weighted by atomic mass is 32.2. The summed E-state index contributed by atoms with van der Waals surface area (Å²) in [5, 5.41) is 5.52. The molecule has 0 bridgehead atoms. The molecule has 1 unspecified atom stereocenters. The van der Waals surface area contributed by atoms with E-state index in [0.29, 0.717) is 12.1 Å². The van der Waals surface area contributed by atoms with E-state index in [1.807, 2.05) is 0 Å². The van der Waals surface area contributed by atoms with Crippen molar-refractivity contribution in [1.29, 1.82) is 0 Å². The van der Waals surface area contributed by atoms with Gasteiger partial charge in [0, 0.05) is 11.2 Å². The highest BCUT2D eigenvalue weighted by molar-refractivity contribution is 7.91. The van der Waals surface area contributed by atoms with E-state index in [1.54, 1.807) is 13.0 Å². The lowest BCUT2D eigenvalue weighted by molar-refractivity contribution is -0.115. The minimum absolute atomic E-state index is 0.0114. The van der Waals surface area contributed by atoms with E-state index in [4.69, 9.17) is 0 Å². The van der Waals surface area contributed by atoms with Gasteiger partial charge in [0.25, 0.3) is 0 Å². The number of nitrogens with one attached hydrogen (secondary N) is 2.